The van der Waals surface area contributed by atoms with E-state index in [9.17, 15) is 18.7 Å². The number of ketones is 1. The molecule has 92 valence electrons. The Balaban J connectivity index is 2.34. The Morgan fingerprint density at radius 3 is 2.75 bits per heavy atom. The zero-order chi connectivity index (χ0) is 12.0. The first kappa shape index (κ1) is 11.9. The maximum absolute atomic E-state index is 13.5. The topological polar surface area (TPSA) is 49.8 Å². The first-order valence-corrected chi connectivity index (χ1v) is 5.25. The molecule has 3 fully saturated rings. The van der Waals surface area contributed by atoms with Gasteiger partial charge in [0.2, 0.25) is 0 Å². The number of ether oxygens (including phenoxy) is 1. The van der Waals surface area contributed by atoms with Crippen LogP contribution in [-0.2, 0) is 9.53 Å². The highest BCUT2D eigenvalue weighted by molar-refractivity contribution is 5.93. The van der Waals surface area contributed by atoms with Crippen LogP contribution in [0.3, 0.4) is 0 Å². The fourth-order valence-corrected chi connectivity index (χ4v) is 2.73. The SMILES string of the molecule is COC[C@]1(CO)C(=O)[C@@H]2CCN1CC2(F)F. The van der Waals surface area contributed by atoms with E-state index in [2.05, 4.69) is 0 Å². The molecule has 4 nitrogen and oxygen atoms in total. The summed E-state index contributed by atoms with van der Waals surface area (Å²) < 4.78 is 31.9. The second-order valence-corrected chi connectivity index (χ2v) is 4.51. The number of hydrogen-bond acceptors (Lipinski definition) is 4. The van der Waals surface area contributed by atoms with Gasteiger partial charge in [0.05, 0.1) is 25.7 Å². The monoisotopic (exact) mass is 235 g/mol. The number of aliphatic hydroxyl groups excluding tert-OH is 1. The zero-order valence-corrected chi connectivity index (χ0v) is 9.08. The molecule has 0 aromatic carbocycles. The lowest BCUT2D eigenvalue weighted by Crippen LogP contribution is -2.74. The van der Waals surface area contributed by atoms with Gasteiger partial charge in [0.1, 0.15) is 5.54 Å². The standard InChI is InChI=1S/C10H15F2NO3/c1-16-6-9(5-14)8(15)7-2-3-13(9)4-10(7,11)12/h7,14H,2-6H2,1H3/t7-,9+/m0/s1. The van der Waals surface area contributed by atoms with Crippen molar-refractivity contribution in [2.24, 2.45) is 5.92 Å². The maximum Gasteiger partial charge on any atom is 0.270 e. The van der Waals surface area contributed by atoms with Crippen molar-refractivity contribution >= 4 is 5.78 Å². The zero-order valence-electron chi connectivity index (χ0n) is 9.08. The minimum absolute atomic E-state index is 0.0328. The molecule has 0 radical (unpaired) electrons. The van der Waals surface area contributed by atoms with Gasteiger partial charge in [-0.15, -0.1) is 0 Å². The van der Waals surface area contributed by atoms with E-state index in [1.54, 1.807) is 0 Å². The van der Waals surface area contributed by atoms with E-state index in [-0.39, 0.29) is 13.0 Å². The van der Waals surface area contributed by atoms with Crippen molar-refractivity contribution in [3.63, 3.8) is 0 Å². The molecular formula is C10H15F2NO3. The molecule has 3 saturated heterocycles. The molecule has 3 aliphatic heterocycles. The lowest BCUT2D eigenvalue weighted by atomic mass is 9.72. The summed E-state index contributed by atoms with van der Waals surface area (Å²) in [7, 11) is 1.40. The number of aliphatic hydroxyl groups is 1. The number of alkyl halides is 2. The van der Waals surface area contributed by atoms with Crippen molar-refractivity contribution in [3.05, 3.63) is 0 Å². The Morgan fingerprint density at radius 2 is 2.31 bits per heavy atom. The van der Waals surface area contributed by atoms with E-state index >= 15 is 0 Å². The number of carbonyl (C=O) groups is 1. The van der Waals surface area contributed by atoms with Crippen molar-refractivity contribution < 1.29 is 23.4 Å². The Bertz CT molecular complexity index is 310. The van der Waals surface area contributed by atoms with Gasteiger partial charge in [0.25, 0.3) is 5.92 Å². The normalized spacial score (nSPS) is 41.4. The van der Waals surface area contributed by atoms with Crippen LogP contribution in [0.15, 0.2) is 0 Å². The van der Waals surface area contributed by atoms with Crippen LogP contribution >= 0.6 is 0 Å². The summed E-state index contributed by atoms with van der Waals surface area (Å²) in [6, 6.07) is 0. The van der Waals surface area contributed by atoms with E-state index in [1.807, 2.05) is 0 Å². The van der Waals surface area contributed by atoms with Crippen LogP contribution in [0, 0.1) is 5.92 Å². The number of fused-ring (bicyclic) bond motifs is 3. The van der Waals surface area contributed by atoms with Gasteiger partial charge in [0.15, 0.2) is 5.78 Å². The molecule has 0 amide bonds. The lowest BCUT2D eigenvalue weighted by molar-refractivity contribution is -0.203. The van der Waals surface area contributed by atoms with Gasteiger partial charge in [-0.3, -0.25) is 9.69 Å². The predicted molar refractivity (Wildman–Crippen MR) is 51.3 cm³/mol. The largest absolute Gasteiger partial charge is 0.394 e. The highest BCUT2D eigenvalue weighted by atomic mass is 19.3. The van der Waals surface area contributed by atoms with Gasteiger partial charge in [-0.2, -0.15) is 0 Å². The molecule has 6 heteroatoms. The minimum Gasteiger partial charge on any atom is -0.394 e. The summed E-state index contributed by atoms with van der Waals surface area (Å²) in [4.78, 5) is 13.3. The molecule has 0 spiro atoms. The summed E-state index contributed by atoms with van der Waals surface area (Å²) in [5, 5.41) is 9.35. The number of rotatable bonds is 3. The number of carbonyl (C=O) groups excluding carboxylic acids is 1. The molecule has 2 bridgehead atoms. The Morgan fingerprint density at radius 1 is 1.62 bits per heavy atom. The molecule has 0 aromatic heterocycles. The van der Waals surface area contributed by atoms with Crippen molar-refractivity contribution in [2.75, 3.05) is 33.4 Å². The Hall–Kier alpha value is -0.590. The third kappa shape index (κ3) is 1.40. The van der Waals surface area contributed by atoms with Crippen LogP contribution in [0.5, 0.6) is 0 Å². The highest BCUT2D eigenvalue weighted by Gasteiger charge is 2.63. The van der Waals surface area contributed by atoms with Crippen LogP contribution in [0.1, 0.15) is 6.42 Å². The van der Waals surface area contributed by atoms with Gasteiger partial charge in [-0.1, -0.05) is 0 Å². The quantitative estimate of drug-likeness (QED) is 0.742. The van der Waals surface area contributed by atoms with Crippen LogP contribution in [0.25, 0.3) is 0 Å². The molecule has 1 unspecified atom stereocenters. The van der Waals surface area contributed by atoms with E-state index in [4.69, 9.17) is 4.74 Å². The van der Waals surface area contributed by atoms with Gasteiger partial charge < -0.3 is 9.84 Å². The fourth-order valence-electron chi connectivity index (χ4n) is 2.73. The summed E-state index contributed by atoms with van der Waals surface area (Å²) >= 11 is 0. The third-order valence-electron chi connectivity index (χ3n) is 3.62. The smallest absolute Gasteiger partial charge is 0.270 e. The lowest BCUT2D eigenvalue weighted by Gasteiger charge is -2.54. The summed E-state index contributed by atoms with van der Waals surface area (Å²) in [6.45, 7) is -0.551. The molecule has 3 rings (SSSR count). The number of Topliss-reactive ketones (excluding diaryl/α,β-unsaturated/α-hetero) is 1. The average molecular weight is 235 g/mol. The first-order valence-electron chi connectivity index (χ1n) is 5.25. The maximum atomic E-state index is 13.5. The van der Waals surface area contributed by atoms with Crippen LogP contribution in [0.4, 0.5) is 8.78 Å². The fraction of sp³-hybridized carbons (Fsp3) is 0.900. The molecular weight excluding hydrogens is 220 g/mol. The molecule has 0 aliphatic carbocycles. The van der Waals surface area contributed by atoms with Gasteiger partial charge in [-0.25, -0.2) is 8.78 Å². The van der Waals surface area contributed by atoms with E-state index in [0.29, 0.717) is 6.54 Å². The second-order valence-electron chi connectivity index (χ2n) is 4.51. The highest BCUT2D eigenvalue weighted by Crippen LogP contribution is 2.44. The Labute approximate surface area is 92.2 Å². The van der Waals surface area contributed by atoms with Crippen molar-refractivity contribution in [2.45, 2.75) is 17.9 Å². The molecule has 1 N–H and O–H groups in total. The van der Waals surface area contributed by atoms with Crippen LogP contribution in [0.2, 0.25) is 0 Å². The number of hydrogen-bond donors (Lipinski definition) is 1. The third-order valence-corrected chi connectivity index (χ3v) is 3.62. The number of nitrogens with zero attached hydrogens (tertiary/aromatic N) is 1. The van der Waals surface area contributed by atoms with E-state index in [1.165, 1.54) is 12.0 Å². The van der Waals surface area contributed by atoms with E-state index < -0.39 is 36.3 Å². The van der Waals surface area contributed by atoms with E-state index in [0.717, 1.165) is 0 Å². The van der Waals surface area contributed by atoms with Crippen molar-refractivity contribution in [1.29, 1.82) is 0 Å². The Kier molecular flexibility index (Phi) is 2.76. The van der Waals surface area contributed by atoms with Gasteiger partial charge >= 0.3 is 0 Å². The summed E-state index contributed by atoms with van der Waals surface area (Å²) in [6.07, 6.45) is 0.164. The van der Waals surface area contributed by atoms with Gasteiger partial charge in [0, 0.05) is 13.7 Å². The van der Waals surface area contributed by atoms with Crippen molar-refractivity contribution in [1.82, 2.24) is 4.90 Å². The molecule has 3 heterocycles. The number of methoxy groups -OCH3 is 1. The summed E-state index contributed by atoms with van der Waals surface area (Å²) in [5.41, 5.74) is -1.25. The first-order chi connectivity index (χ1) is 7.48. The second kappa shape index (κ2) is 3.72. The predicted octanol–water partition coefficient (Wildman–Crippen LogP) is -0.0962. The minimum atomic E-state index is -2.97. The molecule has 3 aliphatic rings. The van der Waals surface area contributed by atoms with Gasteiger partial charge in [-0.05, 0) is 6.42 Å². The van der Waals surface area contributed by atoms with Crippen LogP contribution in [-0.4, -0.2) is 60.7 Å². The average Bonchev–Trinajstić information content (AvgIpc) is 2.22. The molecule has 16 heavy (non-hydrogen) atoms. The molecule has 3 atom stereocenters. The van der Waals surface area contributed by atoms with Crippen LogP contribution < -0.4 is 0 Å². The summed E-state index contributed by atoms with van der Waals surface area (Å²) in [5.74, 6) is -4.82. The number of halogens is 2. The number of piperidine rings is 3. The molecule has 0 aromatic rings. The molecule has 0 saturated carbocycles. The van der Waals surface area contributed by atoms with Crippen molar-refractivity contribution in [3.8, 4) is 0 Å².